The van der Waals surface area contributed by atoms with E-state index in [0.29, 0.717) is 19.3 Å². The number of esters is 3. The molecule has 0 saturated carbocycles. The van der Waals surface area contributed by atoms with E-state index in [0.717, 1.165) is 64.2 Å². The molecule has 0 aromatic heterocycles. The zero-order chi connectivity index (χ0) is 51.4. The normalized spacial score (nSPS) is 12.5. The van der Waals surface area contributed by atoms with Gasteiger partial charge < -0.3 is 14.2 Å². The topological polar surface area (TPSA) is 78.9 Å². The molecule has 0 aliphatic heterocycles. The maximum atomic E-state index is 12.9. The van der Waals surface area contributed by atoms with E-state index in [-0.39, 0.29) is 37.5 Å². The van der Waals surface area contributed by atoms with Gasteiger partial charge in [0.2, 0.25) is 0 Å². The largest absolute Gasteiger partial charge is 0.462 e. The van der Waals surface area contributed by atoms with Gasteiger partial charge in [-0.25, -0.2) is 0 Å². The second kappa shape index (κ2) is 59.4. The van der Waals surface area contributed by atoms with Crippen LogP contribution in [-0.2, 0) is 28.6 Å². The molecule has 71 heavy (non-hydrogen) atoms. The molecule has 0 aliphatic carbocycles. The van der Waals surface area contributed by atoms with Gasteiger partial charge in [-0.05, 0) is 109 Å². The molecular formula is C65H114O6. The van der Waals surface area contributed by atoms with E-state index >= 15 is 0 Å². The van der Waals surface area contributed by atoms with Crippen LogP contribution in [0.4, 0.5) is 0 Å². The number of unbranched alkanes of at least 4 members (excludes halogenated alkanes) is 32. The van der Waals surface area contributed by atoms with Crippen molar-refractivity contribution in [3.63, 3.8) is 0 Å². The van der Waals surface area contributed by atoms with E-state index in [1.54, 1.807) is 0 Å². The minimum Gasteiger partial charge on any atom is -0.462 e. The third-order valence-corrected chi connectivity index (χ3v) is 13.2. The summed E-state index contributed by atoms with van der Waals surface area (Å²) in [6, 6.07) is 0. The Balaban J connectivity index is 4.43. The van der Waals surface area contributed by atoms with Crippen LogP contribution in [-0.4, -0.2) is 37.2 Å². The van der Waals surface area contributed by atoms with Crippen LogP contribution < -0.4 is 0 Å². The highest BCUT2D eigenvalue weighted by Gasteiger charge is 2.19. The summed E-state index contributed by atoms with van der Waals surface area (Å²) in [6.07, 6.45) is 76.1. The second-order valence-electron chi connectivity index (χ2n) is 20.2. The lowest BCUT2D eigenvalue weighted by Gasteiger charge is -2.18. The summed E-state index contributed by atoms with van der Waals surface area (Å²) in [5.74, 6) is -0.946. The van der Waals surface area contributed by atoms with Crippen LogP contribution >= 0.6 is 0 Å². The highest BCUT2D eigenvalue weighted by Crippen LogP contribution is 2.16. The fraction of sp³-hybridized carbons (Fsp3) is 0.769. The summed E-state index contributed by atoms with van der Waals surface area (Å²) >= 11 is 0. The molecule has 0 rings (SSSR count). The number of hydrogen-bond donors (Lipinski definition) is 0. The summed E-state index contributed by atoms with van der Waals surface area (Å²) in [5, 5.41) is 0. The van der Waals surface area contributed by atoms with Crippen molar-refractivity contribution < 1.29 is 28.6 Å². The lowest BCUT2D eigenvalue weighted by atomic mass is 10.0. The average molecular weight is 992 g/mol. The SMILES string of the molecule is CCCCC/C=C\C/C=C\C/C=C\C/C=C\CCCC(=O)OC[C@H](COC(=O)CCCCCCCCC/C=C\CCCCCC)OC(=O)CCCCCCCCCCCCC/C=C\CCCCCCCC. The predicted molar refractivity (Wildman–Crippen MR) is 307 cm³/mol. The highest BCUT2D eigenvalue weighted by molar-refractivity contribution is 5.71. The van der Waals surface area contributed by atoms with Crippen molar-refractivity contribution in [3.05, 3.63) is 72.9 Å². The van der Waals surface area contributed by atoms with Crippen LogP contribution in [0.2, 0.25) is 0 Å². The van der Waals surface area contributed by atoms with Crippen molar-refractivity contribution in [2.45, 2.75) is 309 Å². The molecule has 0 heterocycles. The van der Waals surface area contributed by atoms with Gasteiger partial charge >= 0.3 is 17.9 Å². The van der Waals surface area contributed by atoms with Gasteiger partial charge in [-0.15, -0.1) is 0 Å². The highest BCUT2D eigenvalue weighted by atomic mass is 16.6. The van der Waals surface area contributed by atoms with E-state index < -0.39 is 6.10 Å². The van der Waals surface area contributed by atoms with Crippen LogP contribution in [0.3, 0.4) is 0 Å². The van der Waals surface area contributed by atoms with Crippen LogP contribution in [0, 0.1) is 0 Å². The lowest BCUT2D eigenvalue weighted by molar-refractivity contribution is -0.167. The molecule has 410 valence electrons. The molecule has 0 aromatic rings. The minimum absolute atomic E-state index is 0.0936. The predicted octanol–water partition coefficient (Wildman–Crippen LogP) is 20.5. The minimum atomic E-state index is -0.800. The van der Waals surface area contributed by atoms with Crippen LogP contribution in [0.15, 0.2) is 72.9 Å². The number of allylic oxidation sites excluding steroid dienone is 12. The summed E-state index contributed by atoms with van der Waals surface area (Å²) in [4.78, 5) is 38.2. The van der Waals surface area contributed by atoms with E-state index in [1.165, 1.54) is 193 Å². The number of carbonyl (C=O) groups excluding carboxylic acids is 3. The first-order valence-corrected chi connectivity index (χ1v) is 30.4. The first-order chi connectivity index (χ1) is 35.0. The van der Waals surface area contributed by atoms with Crippen LogP contribution in [0.1, 0.15) is 303 Å². The van der Waals surface area contributed by atoms with E-state index in [9.17, 15) is 14.4 Å². The van der Waals surface area contributed by atoms with E-state index in [2.05, 4.69) is 93.7 Å². The first-order valence-electron chi connectivity index (χ1n) is 30.4. The Bertz CT molecular complexity index is 1320. The van der Waals surface area contributed by atoms with Gasteiger partial charge in [-0.1, -0.05) is 248 Å². The molecule has 0 aliphatic rings. The average Bonchev–Trinajstić information content (AvgIpc) is 3.37. The smallest absolute Gasteiger partial charge is 0.306 e. The standard InChI is InChI=1S/C65H114O6/c1-4-7-10-13-16-19-22-25-28-30-31-32-33-35-38-41-44-47-50-53-56-59-65(68)71-62(60-69-63(66)57-54-51-48-45-42-39-36-27-24-21-18-15-12-9-6-3)61-70-64(67)58-55-52-49-46-43-40-37-34-29-26-23-20-17-14-11-8-5-2/h17,20-21,24-26,28-29,37,40,46,49,62H,4-16,18-19,22-23,27,30-36,38-39,41-45,47-48,50-61H2,1-3H3/b20-17-,24-21-,28-25-,29-26-,40-37-,49-46-/t62-/m0/s1. The summed E-state index contributed by atoms with van der Waals surface area (Å²) in [6.45, 7) is 6.57. The quantitative estimate of drug-likeness (QED) is 0.0261. The van der Waals surface area contributed by atoms with E-state index in [1.807, 2.05) is 0 Å². The molecule has 0 saturated heterocycles. The summed E-state index contributed by atoms with van der Waals surface area (Å²) < 4.78 is 16.9. The van der Waals surface area contributed by atoms with Crippen molar-refractivity contribution in [2.24, 2.45) is 0 Å². The summed E-state index contributed by atoms with van der Waals surface area (Å²) in [5.41, 5.74) is 0. The summed E-state index contributed by atoms with van der Waals surface area (Å²) in [7, 11) is 0. The molecule has 0 unspecified atom stereocenters. The van der Waals surface area contributed by atoms with Gasteiger partial charge in [-0.2, -0.15) is 0 Å². The fourth-order valence-corrected chi connectivity index (χ4v) is 8.54. The Morgan fingerprint density at radius 2 is 0.521 bits per heavy atom. The van der Waals surface area contributed by atoms with Gasteiger partial charge in [0.15, 0.2) is 6.10 Å². The Morgan fingerprint density at radius 3 is 0.901 bits per heavy atom. The number of ether oxygens (including phenoxy) is 3. The van der Waals surface area contributed by atoms with Crippen molar-refractivity contribution in [3.8, 4) is 0 Å². The Kier molecular flexibility index (Phi) is 56.8. The third kappa shape index (κ3) is 57.6. The van der Waals surface area contributed by atoms with Crippen molar-refractivity contribution >= 4 is 17.9 Å². The van der Waals surface area contributed by atoms with Crippen molar-refractivity contribution in [2.75, 3.05) is 13.2 Å². The van der Waals surface area contributed by atoms with Crippen molar-refractivity contribution in [1.82, 2.24) is 0 Å². The maximum absolute atomic E-state index is 12.9. The Labute approximate surface area is 440 Å². The second-order valence-corrected chi connectivity index (χ2v) is 20.2. The lowest BCUT2D eigenvalue weighted by Crippen LogP contribution is -2.30. The van der Waals surface area contributed by atoms with Crippen LogP contribution in [0.25, 0.3) is 0 Å². The molecule has 0 bridgehead atoms. The molecule has 0 N–H and O–H groups in total. The van der Waals surface area contributed by atoms with Crippen molar-refractivity contribution in [1.29, 1.82) is 0 Å². The monoisotopic (exact) mass is 991 g/mol. The maximum Gasteiger partial charge on any atom is 0.306 e. The molecule has 0 radical (unpaired) electrons. The van der Waals surface area contributed by atoms with Gasteiger partial charge in [-0.3, -0.25) is 14.4 Å². The number of rotatable bonds is 55. The zero-order valence-corrected chi connectivity index (χ0v) is 47.0. The van der Waals surface area contributed by atoms with Crippen LogP contribution in [0.5, 0.6) is 0 Å². The molecule has 0 spiro atoms. The van der Waals surface area contributed by atoms with Gasteiger partial charge in [0.25, 0.3) is 0 Å². The molecular weight excluding hydrogens is 877 g/mol. The van der Waals surface area contributed by atoms with Gasteiger partial charge in [0.05, 0.1) is 0 Å². The number of hydrogen-bond acceptors (Lipinski definition) is 6. The molecule has 6 nitrogen and oxygen atoms in total. The fourth-order valence-electron chi connectivity index (χ4n) is 8.54. The Morgan fingerprint density at radius 1 is 0.282 bits per heavy atom. The van der Waals surface area contributed by atoms with E-state index in [4.69, 9.17) is 14.2 Å². The zero-order valence-electron chi connectivity index (χ0n) is 47.0. The molecule has 6 heteroatoms. The molecule has 0 fully saturated rings. The first kappa shape index (κ1) is 67.8. The molecule has 0 amide bonds. The van der Waals surface area contributed by atoms with Gasteiger partial charge in [0, 0.05) is 19.3 Å². The van der Waals surface area contributed by atoms with Gasteiger partial charge in [0.1, 0.15) is 13.2 Å². The molecule has 0 aromatic carbocycles. The third-order valence-electron chi connectivity index (χ3n) is 13.2. The Hall–Kier alpha value is -3.15. The molecule has 1 atom stereocenters. The number of carbonyl (C=O) groups is 3.